The summed E-state index contributed by atoms with van der Waals surface area (Å²) < 4.78 is 29.1. The molecule has 0 saturated carbocycles. The van der Waals surface area contributed by atoms with Crippen LogP contribution >= 0.6 is 0 Å². The zero-order valence-corrected chi connectivity index (χ0v) is 24.6. The Morgan fingerprint density at radius 3 is 2.29 bits per heavy atom. The van der Waals surface area contributed by atoms with Gasteiger partial charge < -0.3 is 19.2 Å². The van der Waals surface area contributed by atoms with Gasteiger partial charge in [-0.15, -0.1) is 42.6 Å². The number of rotatable bonds is 3. The summed E-state index contributed by atoms with van der Waals surface area (Å²) in [6, 6.07) is 45.4. The van der Waals surface area contributed by atoms with Crippen LogP contribution in [0.25, 0.3) is 33.3 Å². The second-order valence-electron chi connectivity index (χ2n) is 9.39. The van der Waals surface area contributed by atoms with Crippen LogP contribution < -0.4 is 9.80 Å². The SMILES string of the molecule is [2H]C([2H])([2H])c1ccc2c(n1)oc1c(N3[CH-]N(c4ccccc4)c4ccccc43)[c-]ccc12.[Ir+3].[c-]1ccccc1-c1ccccn1. The third-order valence-electron chi connectivity index (χ3n) is 6.84. The maximum Gasteiger partial charge on any atom is 3.00 e. The van der Waals surface area contributed by atoms with Gasteiger partial charge in [-0.1, -0.05) is 53.5 Å². The predicted octanol–water partition coefficient (Wildman–Crippen LogP) is 9.04. The second kappa shape index (κ2) is 12.0. The van der Waals surface area contributed by atoms with Crippen molar-refractivity contribution in [2.24, 2.45) is 0 Å². The van der Waals surface area contributed by atoms with Crippen molar-refractivity contribution in [3.63, 3.8) is 0 Å². The van der Waals surface area contributed by atoms with E-state index in [1.165, 1.54) is 6.07 Å². The number of aryl methyl sites for hydroxylation is 1. The number of furan rings is 1. The van der Waals surface area contributed by atoms with Crippen molar-refractivity contribution < 1.29 is 28.6 Å². The van der Waals surface area contributed by atoms with E-state index < -0.39 is 6.85 Å². The first kappa shape index (κ1) is 23.9. The van der Waals surface area contributed by atoms with Gasteiger partial charge in [-0.2, -0.15) is 18.2 Å². The monoisotopic (exact) mass is 725 g/mol. The van der Waals surface area contributed by atoms with E-state index in [0.717, 1.165) is 44.8 Å². The van der Waals surface area contributed by atoms with E-state index in [9.17, 15) is 0 Å². The van der Waals surface area contributed by atoms with Gasteiger partial charge in [0.1, 0.15) is 0 Å². The Kier molecular flexibility index (Phi) is 6.82. The van der Waals surface area contributed by atoms with E-state index in [-0.39, 0.29) is 25.8 Å². The summed E-state index contributed by atoms with van der Waals surface area (Å²) in [5.74, 6) is 0. The number of fused-ring (bicyclic) bond motifs is 4. The van der Waals surface area contributed by atoms with Crippen molar-refractivity contribution in [2.45, 2.75) is 6.85 Å². The molecule has 0 amide bonds. The van der Waals surface area contributed by atoms with Gasteiger partial charge in [0.05, 0.1) is 0 Å². The molecule has 4 heterocycles. The van der Waals surface area contributed by atoms with Gasteiger partial charge in [0.15, 0.2) is 0 Å². The molecule has 0 spiro atoms. The summed E-state index contributed by atoms with van der Waals surface area (Å²) in [7, 11) is 0. The fourth-order valence-corrected chi connectivity index (χ4v) is 4.95. The standard InChI is InChI=1S/C25H17N3O.C11H8N.Ir/c1-17-14-15-20-19-10-7-13-23(24(19)29-25(20)26-17)28-16-27(18-8-3-2-4-9-18)21-11-5-6-12-22(21)28;1-2-6-10(7-3-1)11-8-4-5-9-12-11;/h2-12,14-16H,1H3;1-6,8-9H;/q-2;-1;+3/i1D3;;. The van der Waals surface area contributed by atoms with Gasteiger partial charge in [-0.05, 0) is 55.0 Å². The summed E-state index contributed by atoms with van der Waals surface area (Å²) >= 11 is 0. The summed E-state index contributed by atoms with van der Waals surface area (Å²) in [5, 5.41) is 1.64. The first-order valence-electron chi connectivity index (χ1n) is 14.7. The molecule has 5 nitrogen and oxygen atoms in total. The van der Waals surface area contributed by atoms with Crippen LogP contribution in [0.3, 0.4) is 0 Å². The van der Waals surface area contributed by atoms with Crippen LogP contribution in [0, 0.1) is 25.7 Å². The molecule has 0 fully saturated rings. The molecular formula is C36H25IrN4O. The minimum atomic E-state index is -2.29. The number of nitrogens with zero attached hydrogens (tertiary/aromatic N) is 4. The van der Waals surface area contributed by atoms with E-state index in [2.05, 4.69) is 51.3 Å². The minimum Gasteiger partial charge on any atom is -0.500 e. The zero-order chi connectivity index (χ0) is 30.1. The smallest absolute Gasteiger partial charge is 0.500 e. The molecule has 1 aliphatic heterocycles. The Morgan fingerprint density at radius 2 is 1.52 bits per heavy atom. The average molecular weight is 725 g/mol. The van der Waals surface area contributed by atoms with Crippen LogP contribution in [0.1, 0.15) is 9.81 Å². The molecular weight excluding hydrogens is 697 g/mol. The molecule has 4 aromatic carbocycles. The number of pyridine rings is 2. The van der Waals surface area contributed by atoms with Crippen molar-refractivity contribution in [3.05, 3.63) is 152 Å². The van der Waals surface area contributed by atoms with Crippen LogP contribution in [0.4, 0.5) is 22.7 Å². The normalized spacial score (nSPS) is 13.4. The zero-order valence-electron chi connectivity index (χ0n) is 25.2. The van der Waals surface area contributed by atoms with E-state index in [1.54, 1.807) is 12.3 Å². The first-order chi connectivity index (χ1) is 21.5. The molecule has 0 saturated heterocycles. The largest absolute Gasteiger partial charge is 3.00 e. The third-order valence-corrected chi connectivity index (χ3v) is 6.84. The molecule has 7 aromatic rings. The summed E-state index contributed by atoms with van der Waals surface area (Å²) in [4.78, 5) is 12.7. The number of benzene rings is 4. The molecule has 0 unspecified atom stereocenters. The third kappa shape index (κ3) is 5.18. The Morgan fingerprint density at radius 1 is 0.738 bits per heavy atom. The Labute approximate surface area is 262 Å². The second-order valence-corrected chi connectivity index (χ2v) is 9.39. The molecule has 0 N–H and O–H groups in total. The van der Waals surface area contributed by atoms with Gasteiger partial charge in [0, 0.05) is 44.0 Å². The number of anilines is 4. The van der Waals surface area contributed by atoms with Crippen molar-refractivity contribution in [1.29, 1.82) is 0 Å². The van der Waals surface area contributed by atoms with Gasteiger partial charge >= 0.3 is 20.1 Å². The van der Waals surface area contributed by atoms with Gasteiger partial charge in [0.25, 0.3) is 0 Å². The number of para-hydroxylation sites is 3. The summed E-state index contributed by atoms with van der Waals surface area (Å²) in [6.45, 7) is -0.278. The van der Waals surface area contributed by atoms with E-state index >= 15 is 0 Å². The number of hydrogen-bond acceptors (Lipinski definition) is 5. The molecule has 0 atom stereocenters. The molecule has 1 aliphatic rings. The quantitative estimate of drug-likeness (QED) is 0.170. The minimum absolute atomic E-state index is 0. The maximum atomic E-state index is 7.65. The maximum absolute atomic E-state index is 7.65. The van der Waals surface area contributed by atoms with Gasteiger partial charge in [-0.25, -0.2) is 4.98 Å². The topological polar surface area (TPSA) is 45.4 Å². The fraction of sp³-hybridized carbons (Fsp3) is 0.0278. The van der Waals surface area contributed by atoms with Crippen molar-refractivity contribution >= 4 is 44.8 Å². The molecule has 0 bridgehead atoms. The van der Waals surface area contributed by atoms with Gasteiger partial charge in [0.2, 0.25) is 5.71 Å². The molecule has 8 rings (SSSR count). The fourth-order valence-electron chi connectivity index (χ4n) is 4.95. The average Bonchev–Trinajstić information content (AvgIpc) is 3.65. The Balaban J connectivity index is 0.000000231. The molecule has 0 radical (unpaired) electrons. The van der Waals surface area contributed by atoms with Crippen molar-refractivity contribution in [2.75, 3.05) is 9.80 Å². The Hall–Kier alpha value is -4.77. The van der Waals surface area contributed by atoms with Crippen LogP contribution in [0.15, 0.2) is 132 Å². The first-order valence-corrected chi connectivity index (χ1v) is 13.2. The van der Waals surface area contributed by atoms with Crippen LogP contribution in [-0.4, -0.2) is 9.97 Å². The van der Waals surface area contributed by atoms with E-state index in [4.69, 9.17) is 8.53 Å². The predicted molar refractivity (Wildman–Crippen MR) is 165 cm³/mol. The van der Waals surface area contributed by atoms with E-state index in [1.807, 2.05) is 96.5 Å². The van der Waals surface area contributed by atoms with Crippen molar-refractivity contribution in [1.82, 2.24) is 9.97 Å². The molecule has 0 aliphatic carbocycles. The molecule has 6 heteroatoms. The van der Waals surface area contributed by atoms with E-state index in [0.29, 0.717) is 11.3 Å². The number of aromatic nitrogens is 2. The molecule has 204 valence electrons. The van der Waals surface area contributed by atoms with Crippen LogP contribution in [0.5, 0.6) is 0 Å². The Bertz CT molecular complexity index is 2010. The summed E-state index contributed by atoms with van der Waals surface area (Å²) in [5.41, 5.74) is 6.77. The number of hydrogen-bond donors (Lipinski definition) is 0. The van der Waals surface area contributed by atoms with Crippen LogP contribution in [0.2, 0.25) is 0 Å². The van der Waals surface area contributed by atoms with Crippen LogP contribution in [-0.2, 0) is 20.1 Å². The molecule has 42 heavy (non-hydrogen) atoms. The van der Waals surface area contributed by atoms with Gasteiger partial charge in [-0.3, -0.25) is 0 Å². The summed E-state index contributed by atoms with van der Waals surface area (Å²) in [6.07, 6.45) is 1.79. The van der Waals surface area contributed by atoms with Crippen molar-refractivity contribution in [3.8, 4) is 11.3 Å². The molecule has 3 aromatic heterocycles.